The molecule has 0 aliphatic carbocycles. The summed E-state index contributed by atoms with van der Waals surface area (Å²) in [5, 5.41) is 0.527. The van der Waals surface area contributed by atoms with Crippen molar-refractivity contribution < 1.29 is 0 Å². The Morgan fingerprint density at radius 3 is 2.66 bits per heavy atom. The topological polar surface area (TPSA) is 70.6 Å². The van der Waals surface area contributed by atoms with E-state index >= 15 is 0 Å². The van der Waals surface area contributed by atoms with Crippen molar-refractivity contribution in [3.05, 3.63) is 83.2 Å². The zero-order valence-corrected chi connectivity index (χ0v) is 16.5. The van der Waals surface area contributed by atoms with Gasteiger partial charge in [0.15, 0.2) is 11.0 Å². The van der Waals surface area contributed by atoms with Crippen LogP contribution >= 0.6 is 11.6 Å². The number of aromatic amines is 1. The molecule has 1 aliphatic heterocycles. The Morgan fingerprint density at radius 2 is 1.83 bits per heavy atom. The summed E-state index contributed by atoms with van der Waals surface area (Å²) in [5.74, 6) is 1.55. The lowest BCUT2D eigenvalue weighted by molar-refractivity contribution is 0.240. The number of aromatic nitrogens is 5. The third-order valence-electron chi connectivity index (χ3n) is 5.11. The molecule has 1 N–H and O–H groups in total. The fourth-order valence-electron chi connectivity index (χ4n) is 3.60. The zero-order chi connectivity index (χ0) is 19.6. The van der Waals surface area contributed by atoms with E-state index in [4.69, 9.17) is 16.6 Å². The van der Waals surface area contributed by atoms with Crippen LogP contribution in [0, 0.1) is 0 Å². The van der Waals surface area contributed by atoms with Gasteiger partial charge in [-0.25, -0.2) is 15.0 Å². The molecule has 5 rings (SSSR count). The van der Waals surface area contributed by atoms with E-state index in [0.717, 1.165) is 59.2 Å². The molecule has 1 aliphatic rings. The van der Waals surface area contributed by atoms with E-state index in [2.05, 4.69) is 24.8 Å². The molecule has 1 aromatic carbocycles. The normalized spacial score (nSPS) is 14.0. The molecule has 4 aromatic rings. The number of rotatable bonds is 4. The second kappa shape index (κ2) is 7.73. The van der Waals surface area contributed by atoms with Gasteiger partial charge in [0.05, 0.1) is 11.4 Å². The van der Waals surface area contributed by atoms with Crippen molar-refractivity contribution in [1.29, 1.82) is 0 Å². The lowest BCUT2D eigenvalue weighted by Gasteiger charge is -2.27. The van der Waals surface area contributed by atoms with Crippen LogP contribution in [0.25, 0.3) is 22.8 Å². The fourth-order valence-corrected chi connectivity index (χ4v) is 3.79. The van der Waals surface area contributed by atoms with E-state index in [-0.39, 0.29) is 0 Å². The van der Waals surface area contributed by atoms with Crippen LogP contribution in [0.5, 0.6) is 0 Å². The lowest BCUT2D eigenvalue weighted by Crippen LogP contribution is -2.31. The zero-order valence-electron chi connectivity index (χ0n) is 15.7. The Hall–Kier alpha value is -3.09. The largest absolute Gasteiger partial charge is 0.339 e. The average molecular weight is 403 g/mol. The maximum Gasteiger partial charge on any atom is 0.159 e. The highest BCUT2D eigenvalue weighted by Crippen LogP contribution is 2.25. The highest BCUT2D eigenvalue weighted by atomic mass is 35.5. The number of nitrogens with one attached hydrogen (secondary N) is 1. The number of pyridine rings is 1. The van der Waals surface area contributed by atoms with Crippen LogP contribution in [0.3, 0.4) is 0 Å². The van der Waals surface area contributed by atoms with E-state index < -0.39 is 0 Å². The smallest absolute Gasteiger partial charge is 0.159 e. The minimum atomic E-state index is 0.527. The Morgan fingerprint density at radius 1 is 1.00 bits per heavy atom. The van der Waals surface area contributed by atoms with Gasteiger partial charge in [0, 0.05) is 61.3 Å². The molecular formula is C22H19ClN6. The molecule has 0 saturated carbocycles. The summed E-state index contributed by atoms with van der Waals surface area (Å²) < 4.78 is 0. The van der Waals surface area contributed by atoms with Crippen LogP contribution in [-0.2, 0) is 19.5 Å². The Bertz CT molecular complexity index is 1130. The Kier molecular flexibility index (Phi) is 4.79. The molecule has 0 bridgehead atoms. The second-order valence-electron chi connectivity index (χ2n) is 7.08. The fraction of sp³-hybridized carbons (Fsp3) is 0.182. The van der Waals surface area contributed by atoms with Crippen molar-refractivity contribution in [2.24, 2.45) is 0 Å². The third kappa shape index (κ3) is 3.77. The van der Waals surface area contributed by atoms with Crippen LogP contribution < -0.4 is 0 Å². The molecule has 0 radical (unpaired) electrons. The van der Waals surface area contributed by atoms with Gasteiger partial charge in [-0.05, 0) is 12.1 Å². The first-order chi connectivity index (χ1) is 14.3. The van der Waals surface area contributed by atoms with Crippen LogP contribution in [0.1, 0.15) is 17.0 Å². The molecule has 29 heavy (non-hydrogen) atoms. The predicted molar refractivity (Wildman–Crippen MR) is 112 cm³/mol. The van der Waals surface area contributed by atoms with Crippen LogP contribution in [0.4, 0.5) is 0 Å². The molecule has 0 atom stereocenters. The summed E-state index contributed by atoms with van der Waals surface area (Å²) in [7, 11) is 0. The lowest BCUT2D eigenvalue weighted by atomic mass is 10.1. The molecule has 0 fully saturated rings. The van der Waals surface area contributed by atoms with E-state index in [1.165, 1.54) is 0 Å². The second-order valence-corrected chi connectivity index (χ2v) is 7.44. The Balaban J connectivity index is 1.32. The van der Waals surface area contributed by atoms with E-state index in [0.29, 0.717) is 11.7 Å². The molecule has 0 unspecified atom stereocenters. The average Bonchev–Trinajstić information content (AvgIpc) is 3.15. The van der Waals surface area contributed by atoms with Gasteiger partial charge in [-0.15, -0.1) is 0 Å². The number of H-pyrrole nitrogens is 1. The van der Waals surface area contributed by atoms with Crippen LogP contribution in [0.2, 0.25) is 5.15 Å². The maximum atomic E-state index is 6.40. The summed E-state index contributed by atoms with van der Waals surface area (Å²) >= 11 is 6.40. The monoisotopic (exact) mass is 402 g/mol. The molecule has 3 aromatic heterocycles. The number of halogens is 1. The molecule has 0 saturated heterocycles. The van der Waals surface area contributed by atoms with Gasteiger partial charge in [0.1, 0.15) is 5.82 Å². The van der Waals surface area contributed by atoms with Gasteiger partial charge in [0.25, 0.3) is 0 Å². The van der Waals surface area contributed by atoms with Crippen molar-refractivity contribution in [2.45, 2.75) is 19.5 Å². The molecule has 7 heteroatoms. The van der Waals surface area contributed by atoms with E-state index in [1.54, 1.807) is 12.4 Å². The highest BCUT2D eigenvalue weighted by Gasteiger charge is 2.21. The number of nitrogens with zero attached hydrogens (tertiary/aromatic N) is 5. The van der Waals surface area contributed by atoms with Gasteiger partial charge < -0.3 is 4.98 Å². The SMILES string of the molecule is Clc1nc(-c2ccccc2)[nH]c1CN1CCc2nc(-c3ccncc3)ncc2C1. The van der Waals surface area contributed by atoms with Crippen LogP contribution in [-0.4, -0.2) is 36.4 Å². The number of fused-ring (bicyclic) bond motifs is 1. The highest BCUT2D eigenvalue weighted by molar-refractivity contribution is 6.30. The summed E-state index contributed by atoms with van der Waals surface area (Å²) in [4.78, 5) is 23.6. The van der Waals surface area contributed by atoms with Gasteiger partial charge >= 0.3 is 0 Å². The van der Waals surface area contributed by atoms with Crippen LogP contribution in [0.15, 0.2) is 61.1 Å². The van der Waals surface area contributed by atoms with Crippen molar-refractivity contribution in [3.63, 3.8) is 0 Å². The molecule has 6 nitrogen and oxygen atoms in total. The van der Waals surface area contributed by atoms with Crippen molar-refractivity contribution in [2.75, 3.05) is 6.54 Å². The first-order valence-corrected chi connectivity index (χ1v) is 9.91. The molecule has 4 heterocycles. The first kappa shape index (κ1) is 18.0. The van der Waals surface area contributed by atoms with Crippen molar-refractivity contribution >= 4 is 11.6 Å². The number of hydrogen-bond donors (Lipinski definition) is 1. The minimum Gasteiger partial charge on any atom is -0.339 e. The number of benzene rings is 1. The van der Waals surface area contributed by atoms with E-state index in [9.17, 15) is 0 Å². The number of imidazole rings is 1. The molecule has 0 spiro atoms. The number of hydrogen-bond acceptors (Lipinski definition) is 5. The Labute approximate surface area is 173 Å². The molecule has 0 amide bonds. The maximum absolute atomic E-state index is 6.40. The third-order valence-corrected chi connectivity index (χ3v) is 5.42. The molecular weight excluding hydrogens is 384 g/mol. The predicted octanol–water partition coefficient (Wildman–Crippen LogP) is 4.14. The van der Waals surface area contributed by atoms with Gasteiger partial charge in [-0.2, -0.15) is 0 Å². The summed E-state index contributed by atoms with van der Waals surface area (Å²) in [5.41, 5.74) is 5.23. The summed E-state index contributed by atoms with van der Waals surface area (Å²) in [6.07, 6.45) is 6.34. The van der Waals surface area contributed by atoms with Gasteiger partial charge in [-0.3, -0.25) is 9.88 Å². The summed E-state index contributed by atoms with van der Waals surface area (Å²) in [6, 6.07) is 13.9. The molecule has 144 valence electrons. The van der Waals surface area contributed by atoms with Gasteiger partial charge in [-0.1, -0.05) is 41.9 Å². The standard InChI is InChI=1S/C22H19ClN6/c23-20-19(27-22(28-20)15-4-2-1-3-5-15)14-29-11-8-18-17(13-29)12-25-21(26-18)16-6-9-24-10-7-16/h1-7,9-10,12H,8,11,13-14H2,(H,27,28). The van der Waals surface area contributed by atoms with Crippen molar-refractivity contribution in [3.8, 4) is 22.8 Å². The van der Waals surface area contributed by atoms with Gasteiger partial charge in [0.2, 0.25) is 0 Å². The van der Waals surface area contributed by atoms with E-state index in [1.807, 2.05) is 48.7 Å². The first-order valence-electron chi connectivity index (χ1n) is 9.53. The minimum absolute atomic E-state index is 0.527. The summed E-state index contributed by atoms with van der Waals surface area (Å²) in [6.45, 7) is 2.42. The quantitative estimate of drug-likeness (QED) is 0.555. The van der Waals surface area contributed by atoms with Crippen molar-refractivity contribution in [1.82, 2.24) is 29.8 Å².